The van der Waals surface area contributed by atoms with E-state index in [0.29, 0.717) is 34.4 Å². The lowest BCUT2D eigenvalue weighted by molar-refractivity contribution is 0.0730. The standard InChI is InChI=1S/C32H25BrClN3O5/c1-3-41-23-11-12-26-24(17-23)29(19-7-5-4-6-8-19)30(36-26)31(38)37-35-18-20-15-21(33)9-13-27(20)42-32(39)25-16-22(34)10-14-28(25)40-2/h4-18,36H,3H2,1-2H3,(H,37,38). The van der Waals surface area contributed by atoms with Crippen LogP contribution in [0.2, 0.25) is 5.02 Å². The van der Waals surface area contributed by atoms with Crippen molar-refractivity contribution in [2.75, 3.05) is 13.7 Å². The fourth-order valence-corrected chi connectivity index (χ4v) is 4.98. The molecule has 0 fully saturated rings. The van der Waals surface area contributed by atoms with Crippen molar-refractivity contribution < 1.29 is 23.8 Å². The highest BCUT2D eigenvalue weighted by Crippen LogP contribution is 2.35. The molecule has 0 atom stereocenters. The molecular weight excluding hydrogens is 622 g/mol. The van der Waals surface area contributed by atoms with Gasteiger partial charge in [-0.05, 0) is 67.1 Å². The maximum absolute atomic E-state index is 13.4. The second-order valence-corrected chi connectivity index (χ2v) is 10.3. The Morgan fingerprint density at radius 1 is 1.00 bits per heavy atom. The summed E-state index contributed by atoms with van der Waals surface area (Å²) in [5.74, 6) is 0.148. The normalized spacial score (nSPS) is 11.0. The number of carbonyl (C=O) groups excluding carboxylic acids is 2. The van der Waals surface area contributed by atoms with Gasteiger partial charge >= 0.3 is 5.97 Å². The van der Waals surface area contributed by atoms with E-state index in [1.165, 1.54) is 19.4 Å². The van der Waals surface area contributed by atoms with Gasteiger partial charge in [-0.3, -0.25) is 4.79 Å². The first-order valence-electron chi connectivity index (χ1n) is 12.9. The van der Waals surface area contributed by atoms with Gasteiger partial charge in [-0.2, -0.15) is 5.10 Å². The van der Waals surface area contributed by atoms with Crippen LogP contribution < -0.4 is 19.6 Å². The molecule has 1 aromatic heterocycles. The highest BCUT2D eigenvalue weighted by molar-refractivity contribution is 9.10. The minimum absolute atomic E-state index is 0.170. The molecule has 0 radical (unpaired) electrons. The highest BCUT2D eigenvalue weighted by Gasteiger charge is 2.20. The number of aromatic amines is 1. The second kappa shape index (κ2) is 12.9. The zero-order valence-corrected chi connectivity index (χ0v) is 25.0. The van der Waals surface area contributed by atoms with Crippen LogP contribution in [0, 0.1) is 0 Å². The Morgan fingerprint density at radius 3 is 2.55 bits per heavy atom. The summed E-state index contributed by atoms with van der Waals surface area (Å²) >= 11 is 9.51. The van der Waals surface area contributed by atoms with Crippen molar-refractivity contribution in [3.05, 3.63) is 111 Å². The van der Waals surface area contributed by atoms with Crippen LogP contribution >= 0.6 is 27.5 Å². The molecule has 1 amide bonds. The summed E-state index contributed by atoms with van der Waals surface area (Å²) in [7, 11) is 1.45. The number of aromatic nitrogens is 1. The Morgan fingerprint density at radius 2 is 1.79 bits per heavy atom. The smallest absolute Gasteiger partial charge is 0.347 e. The van der Waals surface area contributed by atoms with Crippen LogP contribution in [0.15, 0.2) is 94.5 Å². The van der Waals surface area contributed by atoms with Gasteiger partial charge < -0.3 is 19.2 Å². The number of amides is 1. The Hall–Kier alpha value is -4.60. The van der Waals surface area contributed by atoms with Crippen LogP contribution in [0.25, 0.3) is 22.0 Å². The van der Waals surface area contributed by atoms with Crippen molar-refractivity contribution in [1.29, 1.82) is 0 Å². The first kappa shape index (κ1) is 28.9. The van der Waals surface area contributed by atoms with E-state index in [9.17, 15) is 9.59 Å². The van der Waals surface area contributed by atoms with Crippen molar-refractivity contribution in [3.8, 4) is 28.4 Å². The molecule has 0 spiro atoms. The van der Waals surface area contributed by atoms with Crippen LogP contribution in [0.4, 0.5) is 0 Å². The van der Waals surface area contributed by atoms with Gasteiger partial charge in [0.05, 0.1) is 19.9 Å². The number of nitrogens with zero attached hydrogens (tertiary/aromatic N) is 1. The molecular formula is C32H25BrClN3O5. The number of ether oxygens (including phenoxy) is 3. The summed E-state index contributed by atoms with van der Waals surface area (Å²) in [6.07, 6.45) is 1.40. The first-order chi connectivity index (χ1) is 20.4. The van der Waals surface area contributed by atoms with Gasteiger partial charge in [-0.15, -0.1) is 0 Å². The summed E-state index contributed by atoms with van der Waals surface area (Å²) < 4.78 is 17.3. The number of H-pyrrole nitrogens is 1. The van der Waals surface area contributed by atoms with Crippen LogP contribution in [-0.2, 0) is 0 Å². The molecule has 42 heavy (non-hydrogen) atoms. The van der Waals surface area contributed by atoms with Gasteiger partial charge in [0.1, 0.15) is 28.5 Å². The lowest BCUT2D eigenvalue weighted by Gasteiger charge is -2.11. The van der Waals surface area contributed by atoms with Crippen molar-refractivity contribution in [3.63, 3.8) is 0 Å². The van der Waals surface area contributed by atoms with E-state index in [2.05, 4.69) is 31.4 Å². The molecule has 2 N–H and O–H groups in total. The molecule has 0 aliphatic rings. The summed E-state index contributed by atoms with van der Waals surface area (Å²) in [5, 5.41) is 5.38. The van der Waals surface area contributed by atoms with Crippen LogP contribution in [0.5, 0.6) is 17.2 Å². The van der Waals surface area contributed by atoms with Crippen LogP contribution in [-0.4, -0.2) is 36.8 Å². The molecule has 0 unspecified atom stereocenters. The molecule has 212 valence electrons. The third kappa shape index (κ3) is 6.32. The Labute approximate surface area is 255 Å². The van der Waals surface area contributed by atoms with Crippen LogP contribution in [0.1, 0.15) is 33.3 Å². The molecule has 10 heteroatoms. The number of hydrogen-bond donors (Lipinski definition) is 2. The van der Waals surface area contributed by atoms with E-state index < -0.39 is 11.9 Å². The van der Waals surface area contributed by atoms with E-state index in [4.69, 9.17) is 25.8 Å². The maximum atomic E-state index is 13.4. The number of fused-ring (bicyclic) bond motifs is 1. The SMILES string of the molecule is CCOc1ccc2[nH]c(C(=O)NN=Cc3cc(Br)ccc3OC(=O)c3cc(Cl)ccc3OC)c(-c3ccccc3)c2c1. The topological polar surface area (TPSA) is 102 Å². The predicted molar refractivity (Wildman–Crippen MR) is 167 cm³/mol. The lowest BCUT2D eigenvalue weighted by Crippen LogP contribution is -2.19. The van der Waals surface area contributed by atoms with Crippen molar-refractivity contribution in [2.24, 2.45) is 5.10 Å². The van der Waals surface area contributed by atoms with E-state index in [0.717, 1.165) is 26.5 Å². The van der Waals surface area contributed by atoms with Gasteiger partial charge in [0, 0.05) is 31.5 Å². The molecule has 0 bridgehead atoms. The number of carbonyl (C=O) groups is 2. The number of esters is 1. The molecule has 1 heterocycles. The van der Waals surface area contributed by atoms with E-state index in [1.807, 2.05) is 55.5 Å². The van der Waals surface area contributed by atoms with E-state index >= 15 is 0 Å². The van der Waals surface area contributed by atoms with Gasteiger partial charge in [0.2, 0.25) is 0 Å². The maximum Gasteiger partial charge on any atom is 0.347 e. The average molecular weight is 647 g/mol. The van der Waals surface area contributed by atoms with Crippen molar-refractivity contribution in [2.45, 2.75) is 6.92 Å². The Balaban J connectivity index is 1.42. The van der Waals surface area contributed by atoms with E-state index in [1.54, 1.807) is 30.3 Å². The number of hydrogen-bond acceptors (Lipinski definition) is 6. The fraction of sp³-hybridized carbons (Fsp3) is 0.0938. The molecule has 5 aromatic rings. The molecule has 0 saturated heterocycles. The van der Waals surface area contributed by atoms with Crippen LogP contribution in [0.3, 0.4) is 0 Å². The first-order valence-corrected chi connectivity index (χ1v) is 14.1. The Bertz CT molecular complexity index is 1800. The summed E-state index contributed by atoms with van der Waals surface area (Å²) in [5.41, 5.74) is 5.92. The second-order valence-electron chi connectivity index (χ2n) is 9.00. The number of nitrogens with one attached hydrogen (secondary N) is 2. The van der Waals surface area contributed by atoms with E-state index in [-0.39, 0.29) is 11.3 Å². The summed E-state index contributed by atoms with van der Waals surface area (Å²) in [4.78, 5) is 29.6. The molecule has 4 aromatic carbocycles. The van der Waals surface area contributed by atoms with Crippen molar-refractivity contribution >= 4 is 56.5 Å². The number of hydrazone groups is 1. The number of methoxy groups -OCH3 is 1. The minimum Gasteiger partial charge on any atom is -0.496 e. The highest BCUT2D eigenvalue weighted by atomic mass is 79.9. The Kier molecular flexibility index (Phi) is 8.90. The van der Waals surface area contributed by atoms with Gasteiger partial charge in [-0.1, -0.05) is 57.9 Å². The zero-order valence-electron chi connectivity index (χ0n) is 22.6. The number of rotatable bonds is 9. The van der Waals surface area contributed by atoms with Gasteiger partial charge in [0.25, 0.3) is 5.91 Å². The minimum atomic E-state index is -0.660. The fourth-order valence-electron chi connectivity index (χ4n) is 4.43. The summed E-state index contributed by atoms with van der Waals surface area (Å²) in [6, 6.07) is 25.0. The molecule has 5 rings (SSSR count). The quantitative estimate of drug-likeness (QED) is 0.0742. The monoisotopic (exact) mass is 645 g/mol. The van der Waals surface area contributed by atoms with Gasteiger partial charge in [0.15, 0.2) is 0 Å². The molecule has 0 aliphatic carbocycles. The lowest BCUT2D eigenvalue weighted by atomic mass is 10.0. The molecule has 0 saturated carbocycles. The average Bonchev–Trinajstić information content (AvgIpc) is 3.38. The summed E-state index contributed by atoms with van der Waals surface area (Å²) in [6.45, 7) is 2.44. The molecule has 8 nitrogen and oxygen atoms in total. The zero-order chi connectivity index (χ0) is 29.6. The largest absolute Gasteiger partial charge is 0.496 e. The third-order valence-corrected chi connectivity index (χ3v) is 7.02. The van der Waals surface area contributed by atoms with Gasteiger partial charge in [-0.25, -0.2) is 10.2 Å². The number of benzene rings is 4. The predicted octanol–water partition coefficient (Wildman–Crippen LogP) is 7.64. The number of halogens is 2. The third-order valence-electron chi connectivity index (χ3n) is 6.30. The van der Waals surface area contributed by atoms with Crippen molar-refractivity contribution in [1.82, 2.24) is 10.4 Å². The molecule has 0 aliphatic heterocycles.